The highest BCUT2D eigenvalue weighted by molar-refractivity contribution is 7.98. The highest BCUT2D eigenvalue weighted by Crippen LogP contribution is 2.23. The number of benzene rings is 1. The molecule has 1 aromatic carbocycles. The number of hydrogen-bond donors (Lipinski definition) is 0. The summed E-state index contributed by atoms with van der Waals surface area (Å²) in [5.41, 5.74) is 2.45. The van der Waals surface area contributed by atoms with E-state index >= 15 is 0 Å². The minimum Gasteiger partial charge on any atom is -0.220 e. The second kappa shape index (κ2) is 7.56. The van der Waals surface area contributed by atoms with Crippen LogP contribution in [0.1, 0.15) is 11.1 Å². The first kappa shape index (κ1) is 17.1. The third-order valence-corrected chi connectivity index (χ3v) is 5.77. The molecule has 8 nitrogen and oxygen atoms in total. The van der Waals surface area contributed by atoms with E-state index < -0.39 is 0 Å². The highest BCUT2D eigenvalue weighted by atomic mass is 32.2. The average Bonchev–Trinajstić information content (AvgIpc) is 3.34. The van der Waals surface area contributed by atoms with E-state index in [0.29, 0.717) is 11.6 Å². The Morgan fingerprint density at radius 3 is 1.57 bits per heavy atom. The van der Waals surface area contributed by atoms with Crippen LogP contribution in [0, 0.1) is 0 Å². The van der Waals surface area contributed by atoms with E-state index in [1.807, 2.05) is 24.5 Å². The van der Waals surface area contributed by atoms with Gasteiger partial charge < -0.3 is 0 Å². The van der Waals surface area contributed by atoms with Crippen LogP contribution in [-0.2, 0) is 11.5 Å². The van der Waals surface area contributed by atoms with E-state index in [-0.39, 0.29) is 0 Å². The molecule has 0 radical (unpaired) electrons. The van der Waals surface area contributed by atoms with E-state index in [9.17, 15) is 0 Å². The Labute approximate surface area is 168 Å². The molecule has 0 atom stereocenters. The second-order valence-electron chi connectivity index (χ2n) is 5.91. The van der Waals surface area contributed by atoms with E-state index in [1.54, 1.807) is 44.9 Å². The molecule has 0 aliphatic carbocycles. The third-order valence-electron chi connectivity index (χ3n) is 3.95. The molecule has 0 aliphatic rings. The van der Waals surface area contributed by atoms with Crippen molar-refractivity contribution in [3.63, 3.8) is 0 Å². The molecule has 0 saturated carbocycles. The average molecular weight is 407 g/mol. The van der Waals surface area contributed by atoms with Gasteiger partial charge in [-0.2, -0.15) is 9.97 Å². The normalized spacial score (nSPS) is 11.4. The van der Waals surface area contributed by atoms with Crippen molar-refractivity contribution in [2.75, 3.05) is 0 Å². The fraction of sp³-hybridized carbons (Fsp3) is 0.111. The lowest BCUT2D eigenvalue weighted by Crippen LogP contribution is -1.88. The van der Waals surface area contributed by atoms with Crippen molar-refractivity contribution in [2.24, 2.45) is 0 Å². The first-order valence-electron chi connectivity index (χ1n) is 8.52. The first-order valence-corrected chi connectivity index (χ1v) is 10.5. The quantitative estimate of drug-likeness (QED) is 0.398. The van der Waals surface area contributed by atoms with Crippen LogP contribution in [0.4, 0.5) is 0 Å². The summed E-state index contributed by atoms with van der Waals surface area (Å²) < 4.78 is 3.37. The molecule has 0 aliphatic heterocycles. The van der Waals surface area contributed by atoms with Gasteiger partial charge >= 0.3 is 0 Å². The number of rotatable bonds is 6. The zero-order valence-corrected chi connectivity index (χ0v) is 16.2. The predicted octanol–water partition coefficient (Wildman–Crippen LogP) is 3.15. The summed E-state index contributed by atoms with van der Waals surface area (Å²) in [5, 5.41) is 10.3. The van der Waals surface area contributed by atoms with Crippen LogP contribution >= 0.6 is 23.5 Å². The summed E-state index contributed by atoms with van der Waals surface area (Å²) in [4.78, 5) is 17.2. The molecule has 4 heterocycles. The maximum absolute atomic E-state index is 4.41. The van der Waals surface area contributed by atoms with Crippen LogP contribution in [0.5, 0.6) is 0 Å². The summed E-state index contributed by atoms with van der Waals surface area (Å²) >= 11 is 3.20. The molecule has 5 aromatic rings. The van der Waals surface area contributed by atoms with Gasteiger partial charge in [0.25, 0.3) is 11.6 Å². The fourth-order valence-electron chi connectivity index (χ4n) is 2.58. The van der Waals surface area contributed by atoms with Crippen molar-refractivity contribution >= 4 is 35.1 Å². The third kappa shape index (κ3) is 3.69. The standard InChI is InChI=1S/C18H14N8S2/c1-7-19-15-21-17(23-25(15)9-1)27-11-13-3-5-14(6-4-13)12-28-18-22-16-20-8-2-10-26(16)24-18/h1-10H,11-12H2. The van der Waals surface area contributed by atoms with Gasteiger partial charge in [0.1, 0.15) is 0 Å². The molecule has 5 rings (SSSR count). The van der Waals surface area contributed by atoms with Crippen LogP contribution in [0.25, 0.3) is 11.6 Å². The Hall–Kier alpha value is -2.98. The van der Waals surface area contributed by atoms with Gasteiger partial charge in [-0.25, -0.2) is 19.0 Å². The van der Waals surface area contributed by atoms with Crippen molar-refractivity contribution < 1.29 is 0 Å². The number of thioether (sulfide) groups is 2. The van der Waals surface area contributed by atoms with E-state index in [2.05, 4.69) is 54.4 Å². The van der Waals surface area contributed by atoms with Crippen molar-refractivity contribution in [3.8, 4) is 0 Å². The molecular formula is C18H14N8S2. The molecular weight excluding hydrogens is 392 g/mol. The minimum absolute atomic E-state index is 0.619. The Morgan fingerprint density at radius 2 is 1.14 bits per heavy atom. The molecule has 0 unspecified atom stereocenters. The van der Waals surface area contributed by atoms with E-state index in [0.717, 1.165) is 21.8 Å². The Morgan fingerprint density at radius 1 is 0.679 bits per heavy atom. The van der Waals surface area contributed by atoms with Gasteiger partial charge in [-0.05, 0) is 23.3 Å². The summed E-state index contributed by atoms with van der Waals surface area (Å²) in [5.74, 6) is 2.86. The van der Waals surface area contributed by atoms with Gasteiger partial charge in [-0.15, -0.1) is 10.2 Å². The SMILES string of the molecule is c1cnc2nc(SCc3ccc(CSc4nc5ncccn5n4)cc3)nn2c1. The number of aromatic nitrogens is 8. The smallest absolute Gasteiger partial charge is 0.220 e. The second-order valence-corrected chi connectivity index (χ2v) is 7.80. The van der Waals surface area contributed by atoms with Crippen molar-refractivity contribution in [1.29, 1.82) is 0 Å². The highest BCUT2D eigenvalue weighted by Gasteiger charge is 2.07. The zero-order chi connectivity index (χ0) is 18.8. The fourth-order valence-corrected chi connectivity index (χ4v) is 4.14. The minimum atomic E-state index is 0.619. The maximum atomic E-state index is 4.41. The van der Waals surface area contributed by atoms with Crippen molar-refractivity contribution in [1.82, 2.24) is 39.2 Å². The maximum Gasteiger partial charge on any atom is 0.253 e. The predicted molar refractivity (Wildman–Crippen MR) is 107 cm³/mol. The molecule has 4 aromatic heterocycles. The monoisotopic (exact) mass is 406 g/mol. The molecule has 0 amide bonds. The number of nitrogens with zero attached hydrogens (tertiary/aromatic N) is 8. The lowest BCUT2D eigenvalue weighted by atomic mass is 10.2. The van der Waals surface area contributed by atoms with Gasteiger partial charge in [0.05, 0.1) is 0 Å². The van der Waals surface area contributed by atoms with Gasteiger partial charge in [0.2, 0.25) is 10.3 Å². The summed E-state index contributed by atoms with van der Waals surface area (Å²) in [7, 11) is 0. The molecule has 138 valence electrons. The van der Waals surface area contributed by atoms with Gasteiger partial charge in [-0.3, -0.25) is 0 Å². The van der Waals surface area contributed by atoms with Gasteiger partial charge in [0.15, 0.2) is 0 Å². The number of fused-ring (bicyclic) bond motifs is 2. The topological polar surface area (TPSA) is 86.2 Å². The molecule has 0 N–H and O–H groups in total. The lowest BCUT2D eigenvalue weighted by Gasteiger charge is -2.02. The Kier molecular flexibility index (Phi) is 4.63. The Balaban J connectivity index is 1.19. The molecule has 10 heteroatoms. The first-order chi connectivity index (χ1) is 13.8. The molecule has 0 fully saturated rings. The Bertz CT molecular complexity index is 1070. The van der Waals surface area contributed by atoms with Crippen LogP contribution < -0.4 is 0 Å². The summed E-state index contributed by atoms with van der Waals surface area (Å²) in [6.45, 7) is 0. The molecule has 28 heavy (non-hydrogen) atoms. The van der Waals surface area contributed by atoms with Crippen LogP contribution in [0.3, 0.4) is 0 Å². The van der Waals surface area contributed by atoms with Gasteiger partial charge in [0, 0.05) is 36.3 Å². The molecule has 0 saturated heterocycles. The van der Waals surface area contributed by atoms with Gasteiger partial charge in [-0.1, -0.05) is 47.8 Å². The zero-order valence-electron chi connectivity index (χ0n) is 14.6. The summed E-state index contributed by atoms with van der Waals surface area (Å²) in [6, 6.07) is 12.2. The van der Waals surface area contributed by atoms with Crippen LogP contribution in [-0.4, -0.2) is 39.2 Å². The van der Waals surface area contributed by atoms with E-state index in [1.165, 1.54) is 11.1 Å². The lowest BCUT2D eigenvalue weighted by molar-refractivity contribution is 0.879. The van der Waals surface area contributed by atoms with Crippen molar-refractivity contribution in [3.05, 3.63) is 72.3 Å². The summed E-state index contributed by atoms with van der Waals surface area (Å²) in [6.07, 6.45) is 7.13. The van der Waals surface area contributed by atoms with Crippen LogP contribution in [0.15, 0.2) is 71.5 Å². The molecule has 0 bridgehead atoms. The number of hydrogen-bond acceptors (Lipinski definition) is 8. The molecule has 0 spiro atoms. The van der Waals surface area contributed by atoms with Crippen molar-refractivity contribution in [2.45, 2.75) is 21.8 Å². The van der Waals surface area contributed by atoms with E-state index in [4.69, 9.17) is 0 Å². The largest absolute Gasteiger partial charge is 0.253 e. The van der Waals surface area contributed by atoms with Crippen LogP contribution in [0.2, 0.25) is 0 Å².